The van der Waals surface area contributed by atoms with E-state index in [-0.39, 0.29) is 12.5 Å². The van der Waals surface area contributed by atoms with E-state index in [1.54, 1.807) is 6.07 Å². The van der Waals surface area contributed by atoms with Crippen molar-refractivity contribution in [2.45, 2.75) is 47.0 Å². The minimum absolute atomic E-state index is 0.325. The van der Waals surface area contributed by atoms with Crippen LogP contribution in [0.25, 0.3) is 5.69 Å². The van der Waals surface area contributed by atoms with Gasteiger partial charge in [0.05, 0.1) is 5.56 Å². The summed E-state index contributed by atoms with van der Waals surface area (Å²) in [6.45, 7) is 9.76. The van der Waals surface area contributed by atoms with E-state index in [9.17, 15) is 9.59 Å². The van der Waals surface area contributed by atoms with E-state index in [2.05, 4.69) is 19.2 Å². The van der Waals surface area contributed by atoms with Gasteiger partial charge in [0.15, 0.2) is 6.61 Å². The van der Waals surface area contributed by atoms with Crippen LogP contribution in [0.5, 0.6) is 0 Å². The van der Waals surface area contributed by atoms with E-state index in [1.807, 2.05) is 73.9 Å². The molecule has 0 radical (unpaired) electrons. The van der Waals surface area contributed by atoms with Gasteiger partial charge in [-0.3, -0.25) is 4.79 Å². The van der Waals surface area contributed by atoms with Crippen LogP contribution in [0, 0.1) is 20.8 Å². The molecule has 0 saturated heterocycles. The minimum atomic E-state index is -0.503. The first-order chi connectivity index (χ1) is 14.8. The number of aromatic nitrogens is 1. The van der Waals surface area contributed by atoms with Crippen molar-refractivity contribution >= 4 is 17.6 Å². The Morgan fingerprint density at radius 3 is 2.39 bits per heavy atom. The highest BCUT2D eigenvalue weighted by molar-refractivity contribution is 5.96. The molecule has 3 aromatic rings. The average Bonchev–Trinajstić information content (AvgIpc) is 3.06. The standard InChI is InChI=1S/C26H30N2O3/c1-6-18(3)22-9-7-8-10-24(22)27-25(29)16-31-26(30)23-15-19(4)28(20(23)5)21-13-11-17(2)12-14-21/h7-15,18H,6,16H2,1-5H3,(H,27,29)/t18-/m1/s1. The third kappa shape index (κ3) is 5.05. The van der Waals surface area contributed by atoms with E-state index < -0.39 is 5.97 Å². The zero-order valence-corrected chi connectivity index (χ0v) is 18.9. The van der Waals surface area contributed by atoms with Crippen molar-refractivity contribution in [3.8, 4) is 5.69 Å². The first-order valence-corrected chi connectivity index (χ1v) is 10.6. The van der Waals surface area contributed by atoms with Gasteiger partial charge in [-0.25, -0.2) is 4.79 Å². The summed E-state index contributed by atoms with van der Waals surface area (Å²) in [5, 5.41) is 2.87. The summed E-state index contributed by atoms with van der Waals surface area (Å²) < 4.78 is 7.34. The van der Waals surface area contributed by atoms with Gasteiger partial charge in [0.25, 0.3) is 5.91 Å². The zero-order valence-electron chi connectivity index (χ0n) is 18.9. The number of hydrogen-bond donors (Lipinski definition) is 1. The van der Waals surface area contributed by atoms with E-state index in [0.717, 1.165) is 34.7 Å². The molecule has 1 amide bonds. The third-order valence-corrected chi connectivity index (χ3v) is 5.66. The van der Waals surface area contributed by atoms with Crippen LogP contribution in [0.15, 0.2) is 54.6 Å². The zero-order chi connectivity index (χ0) is 22.5. The van der Waals surface area contributed by atoms with E-state index in [1.165, 1.54) is 5.56 Å². The molecule has 1 heterocycles. The lowest BCUT2D eigenvalue weighted by atomic mass is 9.97. The number of nitrogens with zero attached hydrogens (tertiary/aromatic N) is 1. The molecular weight excluding hydrogens is 388 g/mol. The fourth-order valence-corrected chi connectivity index (χ4v) is 3.72. The van der Waals surface area contributed by atoms with Crippen molar-refractivity contribution in [2.75, 3.05) is 11.9 Å². The summed E-state index contributed by atoms with van der Waals surface area (Å²) >= 11 is 0. The quantitative estimate of drug-likeness (QED) is 0.500. The highest BCUT2D eigenvalue weighted by Gasteiger charge is 2.19. The highest BCUT2D eigenvalue weighted by atomic mass is 16.5. The first-order valence-electron chi connectivity index (χ1n) is 10.6. The highest BCUT2D eigenvalue weighted by Crippen LogP contribution is 2.26. The van der Waals surface area contributed by atoms with Gasteiger partial charge in [0, 0.05) is 22.8 Å². The topological polar surface area (TPSA) is 60.3 Å². The summed E-state index contributed by atoms with van der Waals surface area (Å²) in [5.41, 5.74) is 6.17. The van der Waals surface area contributed by atoms with E-state index in [0.29, 0.717) is 11.5 Å². The maximum atomic E-state index is 12.7. The number of hydrogen-bond acceptors (Lipinski definition) is 3. The maximum absolute atomic E-state index is 12.7. The molecule has 2 aromatic carbocycles. The molecule has 31 heavy (non-hydrogen) atoms. The van der Waals surface area contributed by atoms with Crippen molar-refractivity contribution in [1.29, 1.82) is 0 Å². The lowest BCUT2D eigenvalue weighted by Crippen LogP contribution is -2.22. The van der Waals surface area contributed by atoms with Crippen LogP contribution in [-0.4, -0.2) is 23.1 Å². The Bertz CT molecular complexity index is 1080. The van der Waals surface area contributed by atoms with Crippen LogP contribution in [0.2, 0.25) is 0 Å². The Morgan fingerprint density at radius 2 is 1.71 bits per heavy atom. The number of esters is 1. The summed E-state index contributed by atoms with van der Waals surface area (Å²) in [6.07, 6.45) is 0.971. The molecule has 0 unspecified atom stereocenters. The minimum Gasteiger partial charge on any atom is -0.452 e. The average molecular weight is 419 g/mol. The number of carbonyl (C=O) groups is 2. The van der Waals surface area contributed by atoms with Crippen LogP contribution in [0.3, 0.4) is 0 Å². The van der Waals surface area contributed by atoms with Crippen molar-refractivity contribution in [1.82, 2.24) is 4.57 Å². The molecular formula is C26H30N2O3. The fourth-order valence-electron chi connectivity index (χ4n) is 3.72. The molecule has 0 aliphatic carbocycles. The van der Waals surface area contributed by atoms with Gasteiger partial charge in [-0.05, 0) is 62.9 Å². The normalized spacial score (nSPS) is 11.8. The van der Waals surface area contributed by atoms with Crippen molar-refractivity contribution < 1.29 is 14.3 Å². The first kappa shape index (κ1) is 22.3. The van der Waals surface area contributed by atoms with Gasteiger partial charge in [0.2, 0.25) is 0 Å². The predicted molar refractivity (Wildman–Crippen MR) is 124 cm³/mol. The molecule has 1 aromatic heterocycles. The van der Waals surface area contributed by atoms with Crippen molar-refractivity contribution in [3.63, 3.8) is 0 Å². The Hall–Kier alpha value is -3.34. The second-order valence-corrected chi connectivity index (χ2v) is 7.98. The van der Waals surface area contributed by atoms with Gasteiger partial charge < -0.3 is 14.6 Å². The number of nitrogens with one attached hydrogen (secondary N) is 1. The molecule has 3 rings (SSSR count). The molecule has 0 fully saturated rings. The van der Waals surface area contributed by atoms with Crippen molar-refractivity contribution in [2.24, 2.45) is 0 Å². The van der Waals surface area contributed by atoms with Gasteiger partial charge in [-0.2, -0.15) is 0 Å². The Balaban J connectivity index is 1.69. The summed E-state index contributed by atoms with van der Waals surface area (Å²) in [5.74, 6) is -0.528. The van der Waals surface area contributed by atoms with Gasteiger partial charge >= 0.3 is 5.97 Å². The molecule has 0 saturated carbocycles. The fraction of sp³-hybridized carbons (Fsp3) is 0.308. The van der Waals surface area contributed by atoms with Crippen LogP contribution < -0.4 is 5.32 Å². The molecule has 0 spiro atoms. The molecule has 0 bridgehead atoms. The molecule has 0 aliphatic rings. The van der Waals surface area contributed by atoms with Crippen molar-refractivity contribution in [3.05, 3.63) is 82.7 Å². The number of aryl methyl sites for hydroxylation is 2. The van der Waals surface area contributed by atoms with Gasteiger partial charge in [-0.15, -0.1) is 0 Å². The lowest BCUT2D eigenvalue weighted by molar-refractivity contribution is -0.119. The molecule has 0 aliphatic heterocycles. The third-order valence-electron chi connectivity index (χ3n) is 5.66. The summed E-state index contributed by atoms with van der Waals surface area (Å²) in [6, 6.07) is 17.6. The maximum Gasteiger partial charge on any atom is 0.340 e. The van der Waals surface area contributed by atoms with Gasteiger partial charge in [-0.1, -0.05) is 49.7 Å². The Kier molecular flexibility index (Phi) is 6.95. The Morgan fingerprint density at radius 1 is 1.03 bits per heavy atom. The molecule has 162 valence electrons. The number of carbonyl (C=O) groups excluding carboxylic acids is 2. The molecule has 5 heteroatoms. The van der Waals surface area contributed by atoms with E-state index >= 15 is 0 Å². The molecule has 1 atom stereocenters. The lowest BCUT2D eigenvalue weighted by Gasteiger charge is -2.15. The van der Waals surface area contributed by atoms with Crippen LogP contribution in [0.1, 0.15) is 59.1 Å². The largest absolute Gasteiger partial charge is 0.452 e. The number of benzene rings is 2. The van der Waals surface area contributed by atoms with E-state index in [4.69, 9.17) is 4.74 Å². The van der Waals surface area contributed by atoms with Gasteiger partial charge in [0.1, 0.15) is 0 Å². The van der Waals surface area contributed by atoms with Crippen LogP contribution in [0.4, 0.5) is 5.69 Å². The number of anilines is 1. The van der Waals surface area contributed by atoms with Crippen LogP contribution >= 0.6 is 0 Å². The van der Waals surface area contributed by atoms with Crippen LogP contribution in [-0.2, 0) is 9.53 Å². The predicted octanol–water partition coefficient (Wildman–Crippen LogP) is 5.71. The Labute approximate surface area is 184 Å². The number of para-hydroxylation sites is 1. The number of rotatable bonds is 7. The second-order valence-electron chi connectivity index (χ2n) is 7.98. The summed E-state index contributed by atoms with van der Waals surface area (Å²) in [4.78, 5) is 25.1. The monoisotopic (exact) mass is 418 g/mol. The SMILES string of the molecule is CC[C@@H](C)c1ccccc1NC(=O)COC(=O)c1cc(C)n(-c2ccc(C)cc2)c1C. The molecule has 5 nitrogen and oxygen atoms in total. The number of ether oxygens (including phenoxy) is 1. The molecule has 1 N–H and O–H groups in total. The second kappa shape index (κ2) is 9.65. The summed E-state index contributed by atoms with van der Waals surface area (Å²) in [7, 11) is 0. The number of amides is 1. The smallest absolute Gasteiger partial charge is 0.340 e.